The number of oxazole rings is 1. The molecule has 0 spiro atoms. The van der Waals surface area contributed by atoms with E-state index in [2.05, 4.69) is 26.5 Å². The molecule has 7 heteroatoms. The predicted molar refractivity (Wildman–Crippen MR) is 93.3 cm³/mol. The minimum Gasteiger partial charge on any atom is -0.438 e. The molecule has 132 valence electrons. The maximum atomic E-state index is 12.6. The molecule has 4 atom stereocenters. The Balaban J connectivity index is 1.41. The molecule has 25 heavy (non-hydrogen) atoms. The van der Waals surface area contributed by atoms with Crippen LogP contribution < -0.4 is 21.5 Å². The van der Waals surface area contributed by atoms with Gasteiger partial charge in [0.1, 0.15) is 12.1 Å². The molecule has 2 saturated heterocycles. The van der Waals surface area contributed by atoms with Crippen molar-refractivity contribution in [1.82, 2.24) is 26.5 Å². The van der Waals surface area contributed by atoms with Gasteiger partial charge in [-0.15, -0.1) is 0 Å². The monoisotopic (exact) mass is 341 g/mol. The SMILES string of the molecule is CC(NC(=O)C1NNC2CCNCC21)c1ncc(-c2ccccc2)o1. The van der Waals surface area contributed by atoms with Crippen LogP contribution >= 0.6 is 0 Å². The molecule has 0 radical (unpaired) electrons. The number of fused-ring (bicyclic) bond motifs is 1. The van der Waals surface area contributed by atoms with Crippen LogP contribution in [0.1, 0.15) is 25.3 Å². The summed E-state index contributed by atoms with van der Waals surface area (Å²) in [4.78, 5) is 17.0. The van der Waals surface area contributed by atoms with Crippen molar-refractivity contribution < 1.29 is 9.21 Å². The van der Waals surface area contributed by atoms with Gasteiger partial charge in [0.05, 0.1) is 6.20 Å². The van der Waals surface area contributed by atoms with Crippen molar-refractivity contribution >= 4 is 5.91 Å². The highest BCUT2D eigenvalue weighted by molar-refractivity contribution is 5.82. The number of aromatic nitrogens is 1. The number of hydrogen-bond acceptors (Lipinski definition) is 6. The first kappa shape index (κ1) is 16.3. The number of carbonyl (C=O) groups is 1. The van der Waals surface area contributed by atoms with Crippen LogP contribution in [0.15, 0.2) is 40.9 Å². The van der Waals surface area contributed by atoms with E-state index in [1.165, 1.54) is 0 Å². The summed E-state index contributed by atoms with van der Waals surface area (Å²) >= 11 is 0. The lowest BCUT2D eigenvalue weighted by Crippen LogP contribution is -2.49. The number of nitrogens with one attached hydrogen (secondary N) is 4. The van der Waals surface area contributed by atoms with Gasteiger partial charge in [-0.25, -0.2) is 10.4 Å². The number of hydrogen-bond donors (Lipinski definition) is 4. The van der Waals surface area contributed by atoms with Crippen molar-refractivity contribution in [2.75, 3.05) is 13.1 Å². The Morgan fingerprint density at radius 3 is 3.00 bits per heavy atom. The molecule has 0 saturated carbocycles. The summed E-state index contributed by atoms with van der Waals surface area (Å²) < 4.78 is 5.83. The van der Waals surface area contributed by atoms with Crippen molar-refractivity contribution in [1.29, 1.82) is 0 Å². The second kappa shape index (κ2) is 6.95. The van der Waals surface area contributed by atoms with E-state index in [4.69, 9.17) is 4.42 Å². The van der Waals surface area contributed by atoms with Gasteiger partial charge in [-0.05, 0) is 19.9 Å². The Morgan fingerprint density at radius 1 is 1.32 bits per heavy atom. The van der Waals surface area contributed by atoms with Crippen LogP contribution in [-0.4, -0.2) is 36.1 Å². The summed E-state index contributed by atoms with van der Waals surface area (Å²) in [7, 11) is 0. The van der Waals surface area contributed by atoms with Gasteiger partial charge in [-0.3, -0.25) is 10.2 Å². The number of hydrazine groups is 1. The molecule has 1 aromatic carbocycles. The molecule has 1 amide bonds. The van der Waals surface area contributed by atoms with Crippen molar-refractivity contribution in [2.45, 2.75) is 31.5 Å². The molecule has 0 aliphatic carbocycles. The zero-order valence-electron chi connectivity index (χ0n) is 14.2. The Morgan fingerprint density at radius 2 is 2.16 bits per heavy atom. The van der Waals surface area contributed by atoms with Gasteiger partial charge < -0.3 is 15.1 Å². The van der Waals surface area contributed by atoms with Crippen LogP contribution in [0.3, 0.4) is 0 Å². The standard InChI is InChI=1S/C18H23N5O2/c1-11(18-20-10-15(25-18)12-5-3-2-4-6-12)21-17(24)16-13-9-19-8-7-14(13)22-23-16/h2-6,10-11,13-14,16,19,22-23H,7-9H2,1H3,(H,21,24). The van der Waals surface area contributed by atoms with E-state index >= 15 is 0 Å². The van der Waals surface area contributed by atoms with Gasteiger partial charge in [0.2, 0.25) is 11.8 Å². The highest BCUT2D eigenvalue weighted by Crippen LogP contribution is 2.24. The maximum absolute atomic E-state index is 12.6. The Labute approximate surface area is 146 Å². The summed E-state index contributed by atoms with van der Waals surface area (Å²) in [5, 5.41) is 6.37. The smallest absolute Gasteiger partial charge is 0.239 e. The number of benzene rings is 1. The second-order valence-corrected chi connectivity index (χ2v) is 6.69. The fourth-order valence-electron chi connectivity index (χ4n) is 3.56. The van der Waals surface area contributed by atoms with E-state index in [1.54, 1.807) is 6.20 Å². The normalized spacial score (nSPS) is 26.8. The van der Waals surface area contributed by atoms with E-state index in [9.17, 15) is 4.79 Å². The number of nitrogens with zero attached hydrogens (tertiary/aromatic N) is 1. The van der Waals surface area contributed by atoms with Crippen molar-refractivity contribution in [3.05, 3.63) is 42.4 Å². The van der Waals surface area contributed by atoms with Crippen LogP contribution in [0.2, 0.25) is 0 Å². The van der Waals surface area contributed by atoms with E-state index in [1.807, 2.05) is 37.3 Å². The fourth-order valence-corrected chi connectivity index (χ4v) is 3.56. The minimum atomic E-state index is -0.289. The zero-order chi connectivity index (χ0) is 17.2. The van der Waals surface area contributed by atoms with E-state index in [0.717, 1.165) is 25.1 Å². The average molecular weight is 341 g/mol. The van der Waals surface area contributed by atoms with Crippen LogP contribution in [0, 0.1) is 5.92 Å². The Hall–Kier alpha value is -2.22. The number of piperidine rings is 1. The molecule has 1 aromatic heterocycles. The number of rotatable bonds is 4. The summed E-state index contributed by atoms with van der Waals surface area (Å²) in [6.07, 6.45) is 2.72. The Bertz CT molecular complexity index is 732. The molecule has 4 N–H and O–H groups in total. The summed E-state index contributed by atoms with van der Waals surface area (Å²) in [5.74, 6) is 1.44. The average Bonchev–Trinajstić information content (AvgIpc) is 3.30. The van der Waals surface area contributed by atoms with Crippen LogP contribution in [0.5, 0.6) is 0 Å². The van der Waals surface area contributed by atoms with E-state index in [0.29, 0.717) is 17.7 Å². The first-order chi connectivity index (χ1) is 12.2. The maximum Gasteiger partial charge on any atom is 0.239 e. The molecule has 7 nitrogen and oxygen atoms in total. The van der Waals surface area contributed by atoms with Crippen molar-refractivity contribution in [3.63, 3.8) is 0 Å². The fraction of sp³-hybridized carbons (Fsp3) is 0.444. The minimum absolute atomic E-state index is 0.0318. The van der Waals surface area contributed by atoms with Gasteiger partial charge in [0.15, 0.2) is 5.76 Å². The molecule has 3 heterocycles. The number of amides is 1. The molecular weight excluding hydrogens is 318 g/mol. The zero-order valence-corrected chi connectivity index (χ0v) is 14.2. The third-order valence-electron chi connectivity index (χ3n) is 4.97. The molecule has 2 fully saturated rings. The first-order valence-corrected chi connectivity index (χ1v) is 8.75. The molecular formula is C18H23N5O2. The third-order valence-corrected chi connectivity index (χ3v) is 4.97. The second-order valence-electron chi connectivity index (χ2n) is 6.69. The topological polar surface area (TPSA) is 91.2 Å². The lowest BCUT2D eigenvalue weighted by molar-refractivity contribution is -0.124. The third kappa shape index (κ3) is 3.30. The molecule has 2 aliphatic heterocycles. The summed E-state index contributed by atoms with van der Waals surface area (Å²) in [6.45, 7) is 3.71. The van der Waals surface area contributed by atoms with E-state index < -0.39 is 0 Å². The van der Waals surface area contributed by atoms with E-state index in [-0.39, 0.29) is 23.9 Å². The first-order valence-electron chi connectivity index (χ1n) is 8.75. The molecule has 4 unspecified atom stereocenters. The summed E-state index contributed by atoms with van der Waals surface area (Å²) in [6, 6.07) is 9.62. The quantitative estimate of drug-likeness (QED) is 0.663. The molecule has 2 aliphatic rings. The van der Waals surface area contributed by atoms with Gasteiger partial charge >= 0.3 is 0 Å². The van der Waals surface area contributed by atoms with Crippen molar-refractivity contribution in [2.24, 2.45) is 5.92 Å². The lowest BCUT2D eigenvalue weighted by Gasteiger charge is -2.27. The van der Waals surface area contributed by atoms with Crippen LogP contribution in [0.25, 0.3) is 11.3 Å². The van der Waals surface area contributed by atoms with Gasteiger partial charge in [0.25, 0.3) is 0 Å². The number of carbonyl (C=O) groups excluding carboxylic acids is 1. The van der Waals surface area contributed by atoms with Crippen LogP contribution in [0.4, 0.5) is 0 Å². The molecule has 0 bridgehead atoms. The molecule has 4 rings (SSSR count). The highest BCUT2D eigenvalue weighted by Gasteiger charge is 2.41. The Kier molecular flexibility index (Phi) is 4.52. The largest absolute Gasteiger partial charge is 0.438 e. The van der Waals surface area contributed by atoms with Gasteiger partial charge in [-0.1, -0.05) is 30.3 Å². The van der Waals surface area contributed by atoms with Crippen LogP contribution in [-0.2, 0) is 4.79 Å². The predicted octanol–water partition coefficient (Wildman–Crippen LogP) is 0.973. The lowest BCUT2D eigenvalue weighted by atomic mass is 9.89. The van der Waals surface area contributed by atoms with Crippen molar-refractivity contribution in [3.8, 4) is 11.3 Å². The summed E-state index contributed by atoms with van der Waals surface area (Å²) in [5.41, 5.74) is 7.34. The molecule has 2 aromatic rings. The van der Waals surface area contributed by atoms with Gasteiger partial charge in [0, 0.05) is 24.1 Å². The highest BCUT2D eigenvalue weighted by atomic mass is 16.4. The van der Waals surface area contributed by atoms with Gasteiger partial charge in [-0.2, -0.15) is 0 Å².